The number of sulfonamides is 1. The van der Waals surface area contributed by atoms with Gasteiger partial charge in [-0.2, -0.15) is 0 Å². The van der Waals surface area contributed by atoms with Crippen LogP contribution in [0.1, 0.15) is 31.2 Å². The normalized spacial score (nSPS) is 20.1. The van der Waals surface area contributed by atoms with Gasteiger partial charge in [0.15, 0.2) is 0 Å². The molecule has 1 unspecified atom stereocenters. The third kappa shape index (κ3) is 5.07. The lowest BCUT2D eigenvalue weighted by atomic mass is 9.95. The van der Waals surface area contributed by atoms with Crippen LogP contribution in [-0.2, 0) is 14.8 Å². The molecule has 2 rings (SSSR count). The summed E-state index contributed by atoms with van der Waals surface area (Å²) in [6, 6.07) is 9.55. The van der Waals surface area contributed by atoms with Crippen molar-refractivity contribution in [3.05, 3.63) is 35.9 Å². The van der Waals surface area contributed by atoms with E-state index in [1.54, 1.807) is 0 Å². The molecule has 2 N–H and O–H groups in total. The molecule has 1 atom stereocenters. The summed E-state index contributed by atoms with van der Waals surface area (Å²) in [7, 11) is -3.42. The van der Waals surface area contributed by atoms with Crippen LogP contribution in [0.5, 0.6) is 0 Å². The summed E-state index contributed by atoms with van der Waals surface area (Å²) in [4.78, 5) is 0. The summed E-state index contributed by atoms with van der Waals surface area (Å²) in [6.07, 6.45) is 0.924. The maximum Gasteiger partial charge on any atom is 0.212 e. The summed E-state index contributed by atoms with van der Waals surface area (Å²) >= 11 is 0. The Bertz CT molecular complexity index is 538. The Morgan fingerprint density at radius 2 is 1.90 bits per heavy atom. The lowest BCUT2D eigenvalue weighted by Gasteiger charge is -2.32. The van der Waals surface area contributed by atoms with E-state index in [0.717, 1.165) is 5.56 Å². The first-order valence-electron chi connectivity index (χ1n) is 7.23. The van der Waals surface area contributed by atoms with Crippen molar-refractivity contribution in [3.8, 4) is 0 Å². The molecule has 0 aromatic heterocycles. The van der Waals surface area contributed by atoms with Crippen LogP contribution < -0.4 is 4.72 Å². The van der Waals surface area contributed by atoms with Gasteiger partial charge < -0.3 is 9.84 Å². The Balaban J connectivity index is 1.90. The van der Waals surface area contributed by atoms with Gasteiger partial charge in [-0.3, -0.25) is 0 Å². The topological polar surface area (TPSA) is 75.6 Å². The van der Waals surface area contributed by atoms with Crippen molar-refractivity contribution in [3.63, 3.8) is 0 Å². The second-order valence-electron chi connectivity index (χ2n) is 5.75. The molecule has 0 aliphatic carbocycles. The van der Waals surface area contributed by atoms with Gasteiger partial charge in [0.1, 0.15) is 0 Å². The van der Waals surface area contributed by atoms with Gasteiger partial charge in [0.2, 0.25) is 10.0 Å². The number of ether oxygens (including phenoxy) is 1. The van der Waals surface area contributed by atoms with E-state index >= 15 is 0 Å². The number of benzene rings is 1. The minimum Gasteiger partial charge on any atom is -0.388 e. The minimum absolute atomic E-state index is 0.0175. The van der Waals surface area contributed by atoms with Crippen LogP contribution >= 0.6 is 0 Å². The van der Waals surface area contributed by atoms with Crippen LogP contribution in [0.25, 0.3) is 0 Å². The third-order valence-corrected chi connectivity index (χ3v) is 5.41. The largest absolute Gasteiger partial charge is 0.388 e. The smallest absolute Gasteiger partial charge is 0.212 e. The van der Waals surface area contributed by atoms with Crippen molar-refractivity contribution in [2.24, 2.45) is 0 Å². The number of aliphatic hydroxyl groups is 1. The summed E-state index contributed by atoms with van der Waals surface area (Å²) in [5.41, 5.74) is 0.00838. The summed E-state index contributed by atoms with van der Waals surface area (Å²) in [5.74, 6) is -0.0723. The van der Waals surface area contributed by atoms with Crippen molar-refractivity contribution < 1.29 is 18.3 Å². The first-order chi connectivity index (χ1) is 9.90. The number of hydrogen-bond acceptors (Lipinski definition) is 4. The Kier molecular flexibility index (Phi) is 5.37. The van der Waals surface area contributed by atoms with Crippen molar-refractivity contribution in [2.75, 3.05) is 25.5 Å². The van der Waals surface area contributed by atoms with Gasteiger partial charge in [0, 0.05) is 32.6 Å². The Morgan fingerprint density at radius 1 is 1.29 bits per heavy atom. The van der Waals surface area contributed by atoms with Crippen molar-refractivity contribution in [2.45, 2.75) is 31.3 Å². The highest BCUT2D eigenvalue weighted by molar-refractivity contribution is 7.89. The predicted octanol–water partition coefficient (Wildman–Crippen LogP) is 1.25. The van der Waals surface area contributed by atoms with Crippen LogP contribution in [0.3, 0.4) is 0 Å². The third-order valence-electron chi connectivity index (χ3n) is 3.88. The van der Waals surface area contributed by atoms with E-state index in [9.17, 15) is 13.5 Å². The molecule has 1 aliphatic rings. The fraction of sp³-hybridized carbons (Fsp3) is 0.600. The van der Waals surface area contributed by atoms with Gasteiger partial charge in [-0.15, -0.1) is 0 Å². The molecule has 1 aromatic carbocycles. The summed E-state index contributed by atoms with van der Waals surface area (Å²) in [6.45, 7) is 2.88. The molecule has 0 spiro atoms. The molecule has 0 radical (unpaired) electrons. The fourth-order valence-electron chi connectivity index (χ4n) is 2.44. The molecular formula is C15H23NO4S. The van der Waals surface area contributed by atoms with E-state index in [1.165, 1.54) is 0 Å². The second kappa shape index (κ2) is 6.87. The van der Waals surface area contributed by atoms with Crippen LogP contribution in [0.15, 0.2) is 30.3 Å². The average Bonchev–Trinajstić information content (AvgIpc) is 2.47. The van der Waals surface area contributed by atoms with Gasteiger partial charge in [-0.05, 0) is 11.5 Å². The van der Waals surface area contributed by atoms with Gasteiger partial charge in [-0.1, -0.05) is 37.3 Å². The molecule has 1 fully saturated rings. The first-order valence-corrected chi connectivity index (χ1v) is 8.88. The standard InChI is InChI=1S/C15H23NO4S/c1-13(14-5-3-2-4-6-14)11-21(18,19)16-12-15(17)7-9-20-10-8-15/h2-6,13,16-17H,7-12H2,1H3. The predicted molar refractivity (Wildman–Crippen MR) is 81.6 cm³/mol. The Hall–Kier alpha value is -0.950. The zero-order valence-corrected chi connectivity index (χ0v) is 13.1. The molecule has 118 valence electrons. The van der Waals surface area contributed by atoms with Crippen molar-refractivity contribution >= 4 is 10.0 Å². The minimum atomic E-state index is -3.42. The van der Waals surface area contributed by atoms with Gasteiger partial charge >= 0.3 is 0 Å². The molecule has 0 amide bonds. The van der Waals surface area contributed by atoms with E-state index in [1.807, 2.05) is 37.3 Å². The fourth-order valence-corrected chi connectivity index (χ4v) is 3.90. The molecule has 1 heterocycles. The molecule has 6 heteroatoms. The molecule has 0 saturated carbocycles. The lowest BCUT2D eigenvalue weighted by Crippen LogP contribution is -2.47. The zero-order valence-electron chi connectivity index (χ0n) is 12.3. The highest BCUT2D eigenvalue weighted by Crippen LogP contribution is 2.20. The monoisotopic (exact) mass is 313 g/mol. The van der Waals surface area contributed by atoms with Crippen LogP contribution in [0, 0.1) is 0 Å². The molecular weight excluding hydrogens is 290 g/mol. The van der Waals surface area contributed by atoms with Crippen molar-refractivity contribution in [1.29, 1.82) is 0 Å². The quantitative estimate of drug-likeness (QED) is 0.829. The van der Waals surface area contributed by atoms with Crippen LogP contribution in [-0.4, -0.2) is 44.6 Å². The molecule has 0 bridgehead atoms. The van der Waals surface area contributed by atoms with Crippen LogP contribution in [0.2, 0.25) is 0 Å². The van der Waals surface area contributed by atoms with Gasteiger partial charge in [0.25, 0.3) is 0 Å². The first kappa shape index (κ1) is 16.4. The van der Waals surface area contributed by atoms with Gasteiger partial charge in [-0.25, -0.2) is 13.1 Å². The molecule has 1 aliphatic heterocycles. The highest BCUT2D eigenvalue weighted by atomic mass is 32.2. The molecule has 1 aromatic rings. The van der Waals surface area contributed by atoms with E-state index in [2.05, 4.69) is 4.72 Å². The summed E-state index contributed by atoms with van der Waals surface area (Å²) in [5, 5.41) is 10.3. The SMILES string of the molecule is CC(CS(=O)(=O)NCC1(O)CCOCC1)c1ccccc1. The maximum atomic E-state index is 12.1. The average molecular weight is 313 g/mol. The maximum absolute atomic E-state index is 12.1. The second-order valence-corrected chi connectivity index (χ2v) is 7.60. The van der Waals surface area contributed by atoms with Gasteiger partial charge in [0.05, 0.1) is 11.4 Å². The molecule has 1 saturated heterocycles. The van der Waals surface area contributed by atoms with E-state index in [0.29, 0.717) is 26.1 Å². The molecule has 21 heavy (non-hydrogen) atoms. The van der Waals surface area contributed by atoms with E-state index < -0.39 is 15.6 Å². The number of nitrogens with one attached hydrogen (secondary N) is 1. The lowest BCUT2D eigenvalue weighted by molar-refractivity contribution is -0.0588. The zero-order chi connectivity index (χ0) is 15.3. The van der Waals surface area contributed by atoms with Crippen LogP contribution in [0.4, 0.5) is 0 Å². The summed E-state index contributed by atoms with van der Waals surface area (Å²) < 4.78 is 32.0. The number of hydrogen-bond donors (Lipinski definition) is 2. The van der Waals surface area contributed by atoms with E-state index in [4.69, 9.17) is 4.74 Å². The number of rotatable bonds is 6. The Morgan fingerprint density at radius 3 is 2.52 bits per heavy atom. The highest BCUT2D eigenvalue weighted by Gasteiger charge is 2.31. The van der Waals surface area contributed by atoms with E-state index in [-0.39, 0.29) is 18.2 Å². The molecule has 5 nitrogen and oxygen atoms in total. The Labute approximate surface area is 126 Å². The van der Waals surface area contributed by atoms with Crippen molar-refractivity contribution in [1.82, 2.24) is 4.72 Å².